The summed E-state index contributed by atoms with van der Waals surface area (Å²) in [6.45, 7) is 6.28. The van der Waals surface area contributed by atoms with Gasteiger partial charge in [0.05, 0.1) is 18.1 Å². The Kier molecular flexibility index (Phi) is 4.80. The molecule has 1 atom stereocenters. The number of ether oxygens (including phenoxy) is 1. The molecule has 7 heteroatoms. The molecule has 5 rings (SSSR count). The smallest absolute Gasteiger partial charge is 0.410 e. The molecule has 3 saturated heterocycles. The lowest BCUT2D eigenvalue weighted by Crippen LogP contribution is -2.60. The standard InChI is InChI=1S/C22H29N5O2/c1-24-17-23-13-19(24)15-25-9-7-22(8-10-25)20-16-26(11-12-27(20)21(28)29-22)14-18-5-3-2-4-6-18/h2-6,13,17,20H,7-12,14-16H2,1H3. The van der Waals surface area contributed by atoms with E-state index < -0.39 is 0 Å². The molecule has 4 heterocycles. The van der Waals surface area contributed by atoms with E-state index in [1.165, 1.54) is 11.3 Å². The number of benzene rings is 1. The zero-order valence-electron chi connectivity index (χ0n) is 17.0. The number of carbonyl (C=O) groups is 1. The molecule has 2 aromatic rings. The summed E-state index contributed by atoms with van der Waals surface area (Å²) < 4.78 is 8.13. The van der Waals surface area contributed by atoms with Crippen molar-refractivity contribution in [3.05, 3.63) is 54.1 Å². The molecule has 0 radical (unpaired) electrons. The van der Waals surface area contributed by atoms with Crippen LogP contribution in [0.2, 0.25) is 0 Å². The van der Waals surface area contributed by atoms with Crippen LogP contribution >= 0.6 is 0 Å². The van der Waals surface area contributed by atoms with E-state index in [9.17, 15) is 4.79 Å². The number of nitrogens with zero attached hydrogens (tertiary/aromatic N) is 5. The maximum absolute atomic E-state index is 12.6. The van der Waals surface area contributed by atoms with Crippen LogP contribution < -0.4 is 0 Å². The first kappa shape index (κ1) is 18.6. The van der Waals surface area contributed by atoms with Crippen LogP contribution in [0.15, 0.2) is 42.9 Å². The van der Waals surface area contributed by atoms with Gasteiger partial charge in [-0.3, -0.25) is 14.7 Å². The topological polar surface area (TPSA) is 53.8 Å². The first-order valence-electron chi connectivity index (χ1n) is 10.6. The van der Waals surface area contributed by atoms with E-state index in [0.29, 0.717) is 0 Å². The molecule has 0 bridgehead atoms. The monoisotopic (exact) mass is 395 g/mol. The van der Waals surface area contributed by atoms with Crippen molar-refractivity contribution in [2.75, 3.05) is 32.7 Å². The lowest BCUT2D eigenvalue weighted by atomic mass is 9.83. The summed E-state index contributed by atoms with van der Waals surface area (Å²) in [5, 5.41) is 0. The molecule has 0 saturated carbocycles. The molecule has 3 aliphatic rings. The minimum absolute atomic E-state index is 0.116. The molecule has 29 heavy (non-hydrogen) atoms. The van der Waals surface area contributed by atoms with Gasteiger partial charge in [-0.15, -0.1) is 0 Å². The summed E-state index contributed by atoms with van der Waals surface area (Å²) in [5.74, 6) is 0. The fraction of sp³-hybridized carbons (Fsp3) is 0.545. The zero-order chi connectivity index (χ0) is 19.8. The average molecular weight is 396 g/mol. The summed E-state index contributed by atoms with van der Waals surface area (Å²) in [6.07, 6.45) is 5.47. The quantitative estimate of drug-likeness (QED) is 0.794. The molecular formula is C22H29N5O2. The second-order valence-electron chi connectivity index (χ2n) is 8.63. The van der Waals surface area contributed by atoms with Gasteiger partial charge < -0.3 is 9.30 Å². The van der Waals surface area contributed by atoms with Gasteiger partial charge in [-0.2, -0.15) is 0 Å². The van der Waals surface area contributed by atoms with Crippen LogP contribution in [0.25, 0.3) is 0 Å². The van der Waals surface area contributed by atoms with Crippen LogP contribution in [0, 0.1) is 0 Å². The largest absolute Gasteiger partial charge is 0.440 e. The Bertz CT molecular complexity index is 859. The Morgan fingerprint density at radius 1 is 1.07 bits per heavy atom. The van der Waals surface area contributed by atoms with Gasteiger partial charge in [0.1, 0.15) is 5.60 Å². The van der Waals surface area contributed by atoms with Crippen LogP contribution in [0.3, 0.4) is 0 Å². The Balaban J connectivity index is 1.25. The third-order valence-electron chi connectivity index (χ3n) is 6.85. The van der Waals surface area contributed by atoms with Gasteiger partial charge in [0.15, 0.2) is 0 Å². The van der Waals surface area contributed by atoms with Crippen molar-refractivity contribution in [2.45, 2.75) is 37.6 Å². The van der Waals surface area contributed by atoms with Gasteiger partial charge in [-0.25, -0.2) is 9.78 Å². The molecule has 3 aliphatic heterocycles. The van der Waals surface area contributed by atoms with E-state index in [4.69, 9.17) is 4.74 Å². The highest BCUT2D eigenvalue weighted by atomic mass is 16.6. The van der Waals surface area contributed by atoms with Crippen molar-refractivity contribution < 1.29 is 9.53 Å². The van der Waals surface area contributed by atoms with Crippen LogP contribution in [0.4, 0.5) is 4.79 Å². The molecule has 0 aliphatic carbocycles. The average Bonchev–Trinajstić information content (AvgIpc) is 3.25. The van der Waals surface area contributed by atoms with E-state index in [1.807, 2.05) is 24.5 Å². The minimum atomic E-state index is -0.338. The van der Waals surface area contributed by atoms with Crippen LogP contribution in [-0.2, 0) is 24.9 Å². The molecule has 1 aromatic carbocycles. The number of piperazine rings is 1. The molecule has 7 nitrogen and oxygen atoms in total. The highest BCUT2D eigenvalue weighted by Crippen LogP contribution is 2.40. The Hall–Kier alpha value is -2.38. The number of carbonyl (C=O) groups excluding carboxylic acids is 1. The molecule has 1 unspecified atom stereocenters. The number of piperidine rings is 1. The van der Waals surface area contributed by atoms with Crippen LogP contribution in [0.5, 0.6) is 0 Å². The van der Waals surface area contributed by atoms with Crippen molar-refractivity contribution in [1.29, 1.82) is 0 Å². The SMILES string of the molecule is Cn1cncc1CN1CCC2(CC1)OC(=O)N1CCN(Cc3ccccc3)CC12. The van der Waals surface area contributed by atoms with E-state index in [1.54, 1.807) is 0 Å². The molecule has 0 N–H and O–H groups in total. The second-order valence-corrected chi connectivity index (χ2v) is 8.63. The predicted molar refractivity (Wildman–Crippen MR) is 109 cm³/mol. The van der Waals surface area contributed by atoms with E-state index >= 15 is 0 Å². The minimum Gasteiger partial charge on any atom is -0.440 e. The summed E-state index contributed by atoms with van der Waals surface area (Å²) >= 11 is 0. The molecule has 3 fully saturated rings. The fourth-order valence-electron chi connectivity index (χ4n) is 5.09. The number of hydrogen-bond donors (Lipinski definition) is 0. The van der Waals surface area contributed by atoms with Crippen LogP contribution in [0.1, 0.15) is 24.1 Å². The molecular weight excluding hydrogens is 366 g/mol. The number of aryl methyl sites for hydroxylation is 1. The predicted octanol–water partition coefficient (Wildman–Crippen LogP) is 2.09. The highest BCUT2D eigenvalue weighted by molar-refractivity contribution is 5.72. The van der Waals surface area contributed by atoms with Crippen LogP contribution in [-0.4, -0.2) is 74.7 Å². The molecule has 1 spiro atoms. The zero-order valence-corrected chi connectivity index (χ0v) is 17.0. The van der Waals surface area contributed by atoms with Gasteiger partial charge in [0.25, 0.3) is 0 Å². The first-order valence-corrected chi connectivity index (χ1v) is 10.6. The number of likely N-dealkylation sites (tertiary alicyclic amines) is 1. The lowest BCUT2D eigenvalue weighted by molar-refractivity contribution is -0.0371. The third-order valence-corrected chi connectivity index (χ3v) is 6.85. The fourth-order valence-corrected chi connectivity index (χ4v) is 5.09. The summed E-state index contributed by atoms with van der Waals surface area (Å²) in [7, 11) is 2.04. The highest BCUT2D eigenvalue weighted by Gasteiger charge is 2.56. The van der Waals surface area contributed by atoms with Crippen molar-refractivity contribution in [3.63, 3.8) is 0 Å². The number of rotatable bonds is 4. The third kappa shape index (κ3) is 3.53. The van der Waals surface area contributed by atoms with Gasteiger partial charge >= 0.3 is 6.09 Å². The van der Waals surface area contributed by atoms with Gasteiger partial charge in [0, 0.05) is 71.9 Å². The Morgan fingerprint density at radius 2 is 1.86 bits per heavy atom. The lowest BCUT2D eigenvalue weighted by Gasteiger charge is -2.45. The number of imidazole rings is 1. The van der Waals surface area contributed by atoms with Crippen molar-refractivity contribution in [1.82, 2.24) is 24.3 Å². The summed E-state index contributed by atoms with van der Waals surface area (Å²) in [4.78, 5) is 23.7. The number of amides is 1. The summed E-state index contributed by atoms with van der Waals surface area (Å²) in [5.41, 5.74) is 2.21. The summed E-state index contributed by atoms with van der Waals surface area (Å²) in [6, 6.07) is 10.7. The maximum atomic E-state index is 12.6. The van der Waals surface area contributed by atoms with E-state index in [0.717, 1.165) is 58.7 Å². The normalized spacial score (nSPS) is 24.7. The molecule has 1 amide bonds. The van der Waals surface area contributed by atoms with Crippen molar-refractivity contribution in [2.24, 2.45) is 7.05 Å². The van der Waals surface area contributed by atoms with Gasteiger partial charge in [0.2, 0.25) is 0 Å². The van der Waals surface area contributed by atoms with E-state index in [2.05, 4.69) is 49.7 Å². The number of hydrogen-bond acceptors (Lipinski definition) is 5. The first-order chi connectivity index (χ1) is 14.1. The number of fused-ring (bicyclic) bond motifs is 2. The second kappa shape index (κ2) is 7.46. The van der Waals surface area contributed by atoms with Gasteiger partial charge in [-0.1, -0.05) is 30.3 Å². The van der Waals surface area contributed by atoms with Gasteiger partial charge in [-0.05, 0) is 5.56 Å². The molecule has 1 aromatic heterocycles. The molecule has 154 valence electrons. The van der Waals surface area contributed by atoms with Crippen molar-refractivity contribution in [3.8, 4) is 0 Å². The maximum Gasteiger partial charge on any atom is 0.410 e. The van der Waals surface area contributed by atoms with E-state index in [-0.39, 0.29) is 17.7 Å². The Morgan fingerprint density at radius 3 is 2.59 bits per heavy atom. The Labute approximate surface area is 171 Å². The van der Waals surface area contributed by atoms with Crippen molar-refractivity contribution >= 4 is 6.09 Å². The number of aromatic nitrogens is 2.